The second kappa shape index (κ2) is 6.33. The van der Waals surface area contributed by atoms with E-state index in [2.05, 4.69) is 45.8 Å². The lowest BCUT2D eigenvalue weighted by molar-refractivity contribution is 0.322. The number of rotatable bonds is 6. The maximum absolute atomic E-state index is 5.55. The fourth-order valence-corrected chi connectivity index (χ4v) is 1.96. The normalized spacial score (nSPS) is 11.1. The molecule has 0 atom stereocenters. The lowest BCUT2D eigenvalue weighted by atomic mass is 10.2. The number of nitrogens with zero attached hydrogens (tertiary/aromatic N) is 3. The Morgan fingerprint density at radius 1 is 1.28 bits per heavy atom. The highest BCUT2D eigenvalue weighted by molar-refractivity contribution is 5.15. The number of nitrogens with two attached hydrogens (primary N) is 1. The molecule has 96 valence electrons. The average molecular weight is 244 g/mol. The van der Waals surface area contributed by atoms with Crippen molar-refractivity contribution in [2.24, 2.45) is 5.73 Å². The van der Waals surface area contributed by atoms with E-state index in [1.165, 1.54) is 5.56 Å². The minimum absolute atomic E-state index is 0.676. The van der Waals surface area contributed by atoms with Crippen molar-refractivity contribution in [3.05, 3.63) is 54.1 Å². The molecule has 0 aliphatic heterocycles. The number of imidazole rings is 1. The van der Waals surface area contributed by atoms with Crippen LogP contribution in [0.2, 0.25) is 0 Å². The van der Waals surface area contributed by atoms with Crippen LogP contribution in [0.15, 0.2) is 42.7 Å². The maximum Gasteiger partial charge on any atom is 0.123 e. The van der Waals surface area contributed by atoms with Crippen LogP contribution in [0.3, 0.4) is 0 Å². The van der Waals surface area contributed by atoms with E-state index in [4.69, 9.17) is 5.73 Å². The second-order valence-corrected chi connectivity index (χ2v) is 4.48. The van der Waals surface area contributed by atoms with Crippen molar-refractivity contribution in [1.82, 2.24) is 14.5 Å². The van der Waals surface area contributed by atoms with Gasteiger partial charge in [-0.3, -0.25) is 4.90 Å². The first-order chi connectivity index (χ1) is 8.79. The molecular weight excluding hydrogens is 224 g/mol. The Labute approximate surface area is 108 Å². The van der Waals surface area contributed by atoms with E-state index >= 15 is 0 Å². The van der Waals surface area contributed by atoms with Gasteiger partial charge in [0.25, 0.3) is 0 Å². The van der Waals surface area contributed by atoms with E-state index < -0.39 is 0 Å². The molecule has 0 amide bonds. The molecule has 18 heavy (non-hydrogen) atoms. The van der Waals surface area contributed by atoms with Crippen LogP contribution in [-0.4, -0.2) is 34.6 Å². The minimum atomic E-state index is 0.676. The third kappa shape index (κ3) is 3.42. The molecule has 4 heteroatoms. The van der Waals surface area contributed by atoms with Crippen molar-refractivity contribution in [1.29, 1.82) is 0 Å². The Hall–Kier alpha value is -1.65. The molecule has 0 spiro atoms. The predicted octanol–water partition coefficient (Wildman–Crippen LogP) is 1.32. The molecule has 0 saturated heterocycles. The molecule has 2 N–H and O–H groups in total. The summed E-state index contributed by atoms with van der Waals surface area (Å²) in [6.45, 7) is 3.26. The molecule has 1 heterocycles. The largest absolute Gasteiger partial charge is 0.329 e. The van der Waals surface area contributed by atoms with Gasteiger partial charge in [-0.1, -0.05) is 30.3 Å². The lowest BCUT2D eigenvalue weighted by Gasteiger charge is -2.16. The Bertz CT molecular complexity index is 464. The van der Waals surface area contributed by atoms with Crippen molar-refractivity contribution in [3.63, 3.8) is 0 Å². The average Bonchev–Trinajstić information content (AvgIpc) is 2.78. The summed E-state index contributed by atoms with van der Waals surface area (Å²) in [5, 5.41) is 0. The van der Waals surface area contributed by atoms with Gasteiger partial charge in [0.1, 0.15) is 5.82 Å². The van der Waals surface area contributed by atoms with Crippen LogP contribution in [0.5, 0.6) is 0 Å². The van der Waals surface area contributed by atoms with E-state index in [1.807, 2.05) is 18.5 Å². The zero-order valence-corrected chi connectivity index (χ0v) is 10.8. The van der Waals surface area contributed by atoms with E-state index in [-0.39, 0.29) is 0 Å². The molecule has 2 aromatic rings. The van der Waals surface area contributed by atoms with Gasteiger partial charge in [-0.2, -0.15) is 0 Å². The smallest absolute Gasteiger partial charge is 0.123 e. The number of hydrogen-bond acceptors (Lipinski definition) is 3. The van der Waals surface area contributed by atoms with Crippen molar-refractivity contribution in [3.8, 4) is 0 Å². The summed E-state index contributed by atoms with van der Waals surface area (Å²) >= 11 is 0. The zero-order valence-electron chi connectivity index (χ0n) is 10.8. The Morgan fingerprint density at radius 3 is 2.78 bits per heavy atom. The maximum atomic E-state index is 5.55. The van der Waals surface area contributed by atoms with Gasteiger partial charge in [0, 0.05) is 32.0 Å². The van der Waals surface area contributed by atoms with Gasteiger partial charge < -0.3 is 10.3 Å². The Balaban J connectivity index is 2.04. The van der Waals surface area contributed by atoms with Gasteiger partial charge in [-0.25, -0.2) is 4.98 Å². The molecular formula is C14H20N4. The molecule has 2 rings (SSSR count). The Kier molecular flexibility index (Phi) is 4.50. The molecule has 0 saturated carbocycles. The van der Waals surface area contributed by atoms with Gasteiger partial charge in [0.2, 0.25) is 0 Å². The molecule has 0 unspecified atom stereocenters. The van der Waals surface area contributed by atoms with E-state index in [0.29, 0.717) is 6.54 Å². The van der Waals surface area contributed by atoms with Gasteiger partial charge in [0.05, 0.1) is 6.54 Å². The summed E-state index contributed by atoms with van der Waals surface area (Å²) in [5.41, 5.74) is 6.84. The number of hydrogen-bond donors (Lipinski definition) is 1. The number of aromatic nitrogens is 2. The summed E-state index contributed by atoms with van der Waals surface area (Å²) in [6, 6.07) is 10.4. The monoisotopic (exact) mass is 244 g/mol. The quantitative estimate of drug-likeness (QED) is 0.833. The standard InChI is InChI=1S/C14H20N4/c1-17(9-7-15)12-14-16-8-10-18(14)11-13-5-3-2-4-6-13/h2-6,8,10H,7,9,11-12,15H2,1H3. The Morgan fingerprint density at radius 2 is 2.06 bits per heavy atom. The van der Waals surface area contributed by atoms with Crippen molar-refractivity contribution >= 4 is 0 Å². The van der Waals surface area contributed by atoms with Crippen LogP contribution in [-0.2, 0) is 13.1 Å². The van der Waals surface area contributed by atoms with Crippen molar-refractivity contribution < 1.29 is 0 Å². The molecule has 0 aliphatic rings. The fraction of sp³-hybridized carbons (Fsp3) is 0.357. The fourth-order valence-electron chi connectivity index (χ4n) is 1.96. The van der Waals surface area contributed by atoms with E-state index in [0.717, 1.165) is 25.5 Å². The molecule has 0 aliphatic carbocycles. The van der Waals surface area contributed by atoms with Gasteiger partial charge in [0.15, 0.2) is 0 Å². The number of benzene rings is 1. The zero-order chi connectivity index (χ0) is 12.8. The lowest BCUT2D eigenvalue weighted by Crippen LogP contribution is -2.26. The molecule has 0 bridgehead atoms. The molecule has 0 fully saturated rings. The molecule has 1 aromatic heterocycles. The first-order valence-electron chi connectivity index (χ1n) is 6.22. The van der Waals surface area contributed by atoms with Crippen LogP contribution in [0.1, 0.15) is 11.4 Å². The first-order valence-corrected chi connectivity index (χ1v) is 6.22. The van der Waals surface area contributed by atoms with Crippen LogP contribution < -0.4 is 5.73 Å². The van der Waals surface area contributed by atoms with Crippen LogP contribution in [0.25, 0.3) is 0 Å². The van der Waals surface area contributed by atoms with Gasteiger partial charge >= 0.3 is 0 Å². The highest BCUT2D eigenvalue weighted by Crippen LogP contribution is 2.07. The second-order valence-electron chi connectivity index (χ2n) is 4.48. The summed E-state index contributed by atoms with van der Waals surface area (Å²) in [7, 11) is 2.06. The van der Waals surface area contributed by atoms with Crippen LogP contribution in [0.4, 0.5) is 0 Å². The third-order valence-corrected chi connectivity index (χ3v) is 2.92. The molecule has 1 aromatic carbocycles. The SMILES string of the molecule is CN(CCN)Cc1nccn1Cc1ccccc1. The topological polar surface area (TPSA) is 47.1 Å². The van der Waals surface area contributed by atoms with Crippen molar-refractivity contribution in [2.45, 2.75) is 13.1 Å². The molecule has 4 nitrogen and oxygen atoms in total. The third-order valence-electron chi connectivity index (χ3n) is 2.92. The van der Waals surface area contributed by atoms with Gasteiger partial charge in [-0.15, -0.1) is 0 Å². The predicted molar refractivity (Wildman–Crippen MR) is 73.2 cm³/mol. The van der Waals surface area contributed by atoms with Crippen molar-refractivity contribution in [2.75, 3.05) is 20.1 Å². The highest BCUT2D eigenvalue weighted by atomic mass is 15.2. The first kappa shape index (κ1) is 12.8. The summed E-state index contributed by atoms with van der Waals surface area (Å²) in [4.78, 5) is 6.60. The summed E-state index contributed by atoms with van der Waals surface area (Å²) in [5.74, 6) is 1.08. The van der Waals surface area contributed by atoms with E-state index in [9.17, 15) is 0 Å². The summed E-state index contributed by atoms with van der Waals surface area (Å²) in [6.07, 6.45) is 3.88. The van der Waals surface area contributed by atoms with Crippen LogP contribution in [0, 0.1) is 0 Å². The summed E-state index contributed by atoms with van der Waals surface area (Å²) < 4.78 is 2.18. The van der Waals surface area contributed by atoms with Crippen LogP contribution >= 0.6 is 0 Å². The van der Waals surface area contributed by atoms with E-state index in [1.54, 1.807) is 0 Å². The van der Waals surface area contributed by atoms with Gasteiger partial charge in [-0.05, 0) is 12.6 Å². The highest BCUT2D eigenvalue weighted by Gasteiger charge is 2.06. The molecule has 0 radical (unpaired) electrons. The minimum Gasteiger partial charge on any atom is -0.329 e. The number of likely N-dealkylation sites (N-methyl/N-ethyl adjacent to an activating group) is 1.